The second-order valence-electron chi connectivity index (χ2n) is 6.90. The Kier molecular flexibility index (Phi) is 3.99. The van der Waals surface area contributed by atoms with Crippen LogP contribution in [-0.4, -0.2) is 11.6 Å². The van der Waals surface area contributed by atoms with E-state index in [4.69, 9.17) is 10.00 Å². The van der Waals surface area contributed by atoms with Gasteiger partial charge in [-0.05, 0) is 64.7 Å². The van der Waals surface area contributed by atoms with E-state index in [9.17, 15) is 4.79 Å². The van der Waals surface area contributed by atoms with Crippen LogP contribution in [0.5, 0.6) is 0 Å². The summed E-state index contributed by atoms with van der Waals surface area (Å²) >= 11 is 0. The molecule has 0 aliphatic heterocycles. The summed E-state index contributed by atoms with van der Waals surface area (Å²) in [5, 5.41) is 9.14. The topological polar surface area (TPSA) is 50.1 Å². The third-order valence-corrected chi connectivity index (χ3v) is 3.94. The molecule has 0 aromatic rings. The lowest BCUT2D eigenvalue weighted by Gasteiger charge is -2.23. The van der Waals surface area contributed by atoms with E-state index >= 15 is 0 Å². The summed E-state index contributed by atoms with van der Waals surface area (Å²) in [4.78, 5) is 12.2. The number of nitrogens with zero attached hydrogens (tertiary/aromatic N) is 1. The summed E-state index contributed by atoms with van der Waals surface area (Å²) < 4.78 is 5.48. The molecule has 2 rings (SSSR count). The molecule has 0 heterocycles. The minimum Gasteiger partial charge on any atom is -0.457 e. The highest BCUT2D eigenvalue weighted by molar-refractivity contribution is 5.88. The largest absolute Gasteiger partial charge is 0.457 e. The van der Waals surface area contributed by atoms with Crippen molar-refractivity contribution in [1.29, 1.82) is 5.26 Å². The Morgan fingerprint density at radius 1 is 1.37 bits per heavy atom. The second kappa shape index (κ2) is 5.36. The number of hydrogen-bond acceptors (Lipinski definition) is 3. The summed E-state index contributed by atoms with van der Waals surface area (Å²) in [5.41, 5.74) is 0.396. The lowest BCUT2D eigenvalue weighted by Crippen LogP contribution is -2.26. The van der Waals surface area contributed by atoms with Crippen molar-refractivity contribution in [1.82, 2.24) is 0 Å². The molecule has 0 aromatic heterocycles. The molecule has 0 amide bonds. The van der Waals surface area contributed by atoms with Crippen molar-refractivity contribution >= 4 is 5.97 Å². The Morgan fingerprint density at radius 2 is 2.11 bits per heavy atom. The van der Waals surface area contributed by atoms with Crippen LogP contribution >= 0.6 is 0 Å². The van der Waals surface area contributed by atoms with E-state index in [2.05, 4.69) is 12.1 Å². The van der Waals surface area contributed by atoms with E-state index in [1.165, 1.54) is 0 Å². The van der Waals surface area contributed by atoms with Crippen molar-refractivity contribution in [2.75, 3.05) is 0 Å². The van der Waals surface area contributed by atoms with E-state index in [1.807, 2.05) is 20.8 Å². The zero-order chi connectivity index (χ0) is 14.0. The minimum atomic E-state index is -0.436. The maximum absolute atomic E-state index is 12.2. The van der Waals surface area contributed by atoms with Gasteiger partial charge in [0.1, 0.15) is 5.60 Å². The van der Waals surface area contributed by atoms with E-state index in [0.29, 0.717) is 11.8 Å². The van der Waals surface area contributed by atoms with Crippen LogP contribution in [0.25, 0.3) is 0 Å². The molecule has 2 aliphatic carbocycles. The smallest absolute Gasteiger partial charge is 0.334 e. The van der Waals surface area contributed by atoms with Gasteiger partial charge in [-0.3, -0.25) is 0 Å². The molecule has 1 saturated carbocycles. The number of allylic oxidation sites excluding steroid dienone is 1. The molecule has 0 aromatic carbocycles. The fourth-order valence-electron chi connectivity index (χ4n) is 3.15. The van der Waals surface area contributed by atoms with Crippen LogP contribution in [0.15, 0.2) is 11.6 Å². The minimum absolute atomic E-state index is 0.161. The van der Waals surface area contributed by atoms with Gasteiger partial charge in [0.15, 0.2) is 0 Å². The van der Waals surface area contributed by atoms with Gasteiger partial charge in [-0.25, -0.2) is 4.79 Å². The molecule has 104 valence electrons. The molecule has 3 nitrogen and oxygen atoms in total. The summed E-state index contributed by atoms with van der Waals surface area (Å²) in [6.45, 7) is 5.69. The van der Waals surface area contributed by atoms with Crippen molar-refractivity contribution in [3.05, 3.63) is 11.6 Å². The molecule has 19 heavy (non-hydrogen) atoms. The molecule has 0 N–H and O–H groups in total. The van der Waals surface area contributed by atoms with Gasteiger partial charge < -0.3 is 4.74 Å². The van der Waals surface area contributed by atoms with Gasteiger partial charge in [-0.1, -0.05) is 6.08 Å². The number of rotatable bonds is 1. The van der Waals surface area contributed by atoms with Gasteiger partial charge in [-0.2, -0.15) is 5.26 Å². The summed E-state index contributed by atoms with van der Waals surface area (Å²) in [6, 6.07) is 2.41. The molecule has 1 fully saturated rings. The third kappa shape index (κ3) is 3.83. The predicted molar refractivity (Wildman–Crippen MR) is 73.1 cm³/mol. The van der Waals surface area contributed by atoms with Gasteiger partial charge in [0, 0.05) is 11.5 Å². The number of carbonyl (C=O) groups excluding carboxylic acids is 1. The molecular weight excluding hydrogens is 238 g/mol. The number of esters is 1. The van der Waals surface area contributed by atoms with E-state index in [0.717, 1.165) is 37.7 Å². The summed E-state index contributed by atoms with van der Waals surface area (Å²) in [7, 11) is 0. The van der Waals surface area contributed by atoms with Crippen molar-refractivity contribution < 1.29 is 9.53 Å². The van der Waals surface area contributed by atoms with Crippen molar-refractivity contribution in [3.8, 4) is 6.07 Å². The Bertz CT molecular complexity index is 425. The molecule has 2 bridgehead atoms. The molecule has 0 spiro atoms. The molecule has 0 unspecified atom stereocenters. The van der Waals surface area contributed by atoms with E-state index < -0.39 is 5.60 Å². The highest BCUT2D eigenvalue weighted by atomic mass is 16.6. The first kappa shape index (κ1) is 14.1. The quantitative estimate of drug-likeness (QED) is 0.677. The maximum Gasteiger partial charge on any atom is 0.334 e. The average molecular weight is 261 g/mol. The first-order valence-electron chi connectivity index (χ1n) is 7.21. The van der Waals surface area contributed by atoms with Gasteiger partial charge in [0.05, 0.1) is 6.07 Å². The lowest BCUT2D eigenvalue weighted by atomic mass is 9.85. The molecule has 2 aliphatic rings. The lowest BCUT2D eigenvalue weighted by molar-refractivity contribution is -0.150. The highest BCUT2D eigenvalue weighted by Gasteiger charge is 2.32. The molecule has 0 saturated heterocycles. The summed E-state index contributed by atoms with van der Waals surface area (Å²) in [6.07, 6.45) is 6.94. The fraction of sp³-hybridized carbons (Fsp3) is 0.750. The molecule has 3 heteroatoms. The van der Waals surface area contributed by atoms with Crippen LogP contribution in [0.4, 0.5) is 0 Å². The molecule has 0 radical (unpaired) electrons. The average Bonchev–Trinajstić information content (AvgIpc) is 2.57. The predicted octanol–water partition coefficient (Wildman–Crippen LogP) is 3.60. The number of nitriles is 1. The first-order valence-corrected chi connectivity index (χ1v) is 7.21. The van der Waals surface area contributed by atoms with Crippen LogP contribution in [0.2, 0.25) is 0 Å². The molecular formula is C16H23NO2. The van der Waals surface area contributed by atoms with Gasteiger partial charge in [-0.15, -0.1) is 0 Å². The zero-order valence-corrected chi connectivity index (χ0v) is 12.1. The number of ether oxygens (including phenoxy) is 1. The third-order valence-electron chi connectivity index (χ3n) is 3.94. The number of carbonyl (C=O) groups is 1. The number of fused-ring (bicyclic) bond motifs is 3. The van der Waals surface area contributed by atoms with Crippen molar-refractivity contribution in [2.45, 2.75) is 58.5 Å². The van der Waals surface area contributed by atoms with Gasteiger partial charge in [0.25, 0.3) is 0 Å². The normalized spacial score (nSPS) is 30.8. The Morgan fingerprint density at radius 3 is 2.74 bits per heavy atom. The van der Waals surface area contributed by atoms with Crippen LogP contribution < -0.4 is 0 Å². The van der Waals surface area contributed by atoms with Crippen molar-refractivity contribution in [3.63, 3.8) is 0 Å². The maximum atomic E-state index is 12.2. The van der Waals surface area contributed by atoms with E-state index in [-0.39, 0.29) is 11.9 Å². The van der Waals surface area contributed by atoms with Crippen LogP contribution in [0.3, 0.4) is 0 Å². The van der Waals surface area contributed by atoms with Crippen LogP contribution in [-0.2, 0) is 9.53 Å². The first-order chi connectivity index (χ1) is 8.87. The standard InChI is InChI=1S/C16H23NO2/c1-16(2,3)19-15(18)14-8-11-4-5-12(9-14)7-13(6-11)10-17/h8,11-13H,4-7,9H2,1-3H3/t11-,12+,13-/m1/s1. The van der Waals surface area contributed by atoms with Crippen LogP contribution in [0, 0.1) is 29.1 Å². The zero-order valence-electron chi connectivity index (χ0n) is 12.1. The second-order valence-corrected chi connectivity index (χ2v) is 6.90. The summed E-state index contributed by atoms with van der Waals surface area (Å²) in [5.74, 6) is 0.837. The van der Waals surface area contributed by atoms with Crippen molar-refractivity contribution in [2.24, 2.45) is 17.8 Å². The van der Waals surface area contributed by atoms with Gasteiger partial charge >= 0.3 is 5.97 Å². The Hall–Kier alpha value is -1.30. The molecule has 3 atom stereocenters. The monoisotopic (exact) mass is 261 g/mol. The van der Waals surface area contributed by atoms with E-state index in [1.54, 1.807) is 0 Å². The fourth-order valence-corrected chi connectivity index (χ4v) is 3.15. The number of hydrogen-bond donors (Lipinski definition) is 0. The Labute approximate surface area is 115 Å². The Balaban J connectivity index is 2.14. The highest BCUT2D eigenvalue weighted by Crippen LogP contribution is 2.39. The van der Waals surface area contributed by atoms with Crippen LogP contribution in [0.1, 0.15) is 52.9 Å². The van der Waals surface area contributed by atoms with Gasteiger partial charge in [0.2, 0.25) is 0 Å². The SMILES string of the molecule is CC(C)(C)OC(=O)C1=C[C@@H]2CC[C@H](C1)C[C@H](C#N)C2.